The molecule has 106 valence electrons. The average Bonchev–Trinajstić information content (AvgIpc) is 2.45. The molecule has 0 aromatic heterocycles. The number of nitro groups is 1. The number of amides is 1. The molecule has 0 saturated heterocycles. The number of hydrogen-bond donors (Lipinski definition) is 0. The van der Waals surface area contributed by atoms with E-state index in [1.807, 2.05) is 6.07 Å². The van der Waals surface area contributed by atoms with Crippen molar-refractivity contribution in [2.24, 2.45) is 5.92 Å². The number of ether oxygens (including phenoxy) is 1. The van der Waals surface area contributed by atoms with Crippen LogP contribution in [-0.4, -0.2) is 36.4 Å². The zero-order valence-corrected chi connectivity index (χ0v) is 11.5. The Bertz CT molecular complexity index is 565. The van der Waals surface area contributed by atoms with Gasteiger partial charge in [-0.3, -0.25) is 14.9 Å². The standard InChI is InChI=1S/C13H15N3O4/c1-9(7-14)8-15(2)13(17)11-5-4-10(16(18)19)6-12(11)20-3/h4-6,9H,8H2,1-3H3. The van der Waals surface area contributed by atoms with Gasteiger partial charge in [-0.25, -0.2) is 0 Å². The van der Waals surface area contributed by atoms with E-state index in [9.17, 15) is 14.9 Å². The molecular weight excluding hydrogens is 262 g/mol. The summed E-state index contributed by atoms with van der Waals surface area (Å²) in [5, 5.41) is 19.4. The predicted molar refractivity (Wildman–Crippen MR) is 71.4 cm³/mol. The van der Waals surface area contributed by atoms with Gasteiger partial charge in [-0.15, -0.1) is 0 Å². The Balaban J connectivity index is 3.04. The van der Waals surface area contributed by atoms with Gasteiger partial charge in [0, 0.05) is 19.7 Å². The van der Waals surface area contributed by atoms with Gasteiger partial charge in [-0.05, 0) is 13.0 Å². The molecule has 1 unspecified atom stereocenters. The van der Waals surface area contributed by atoms with Crippen LogP contribution in [0.3, 0.4) is 0 Å². The maximum absolute atomic E-state index is 12.2. The second-order valence-electron chi connectivity index (χ2n) is 4.36. The largest absolute Gasteiger partial charge is 0.496 e. The number of carbonyl (C=O) groups is 1. The van der Waals surface area contributed by atoms with Crippen molar-refractivity contribution in [3.8, 4) is 11.8 Å². The minimum atomic E-state index is -0.557. The number of carbonyl (C=O) groups excluding carboxylic acids is 1. The summed E-state index contributed by atoms with van der Waals surface area (Å²) in [5.74, 6) is -0.507. The molecule has 0 N–H and O–H groups in total. The molecule has 7 heteroatoms. The monoisotopic (exact) mass is 277 g/mol. The van der Waals surface area contributed by atoms with E-state index < -0.39 is 4.92 Å². The zero-order valence-electron chi connectivity index (χ0n) is 11.5. The normalized spacial score (nSPS) is 11.3. The number of nitriles is 1. The quantitative estimate of drug-likeness (QED) is 0.604. The summed E-state index contributed by atoms with van der Waals surface area (Å²) in [7, 11) is 2.91. The molecule has 0 heterocycles. The van der Waals surface area contributed by atoms with Crippen LogP contribution in [0.25, 0.3) is 0 Å². The number of nitro benzene ring substituents is 1. The summed E-state index contributed by atoms with van der Waals surface area (Å²) in [6.07, 6.45) is 0. The van der Waals surface area contributed by atoms with Gasteiger partial charge in [0.2, 0.25) is 0 Å². The van der Waals surface area contributed by atoms with Gasteiger partial charge in [0.15, 0.2) is 0 Å². The minimum absolute atomic E-state index is 0.140. The number of benzene rings is 1. The Morgan fingerprint density at radius 2 is 2.25 bits per heavy atom. The van der Waals surface area contributed by atoms with E-state index in [2.05, 4.69) is 0 Å². The Morgan fingerprint density at radius 1 is 1.60 bits per heavy atom. The predicted octanol–water partition coefficient (Wildman–Crippen LogP) is 1.84. The van der Waals surface area contributed by atoms with E-state index in [-0.39, 0.29) is 35.4 Å². The van der Waals surface area contributed by atoms with Crippen molar-refractivity contribution in [3.63, 3.8) is 0 Å². The Kier molecular flexibility index (Phi) is 5.03. The van der Waals surface area contributed by atoms with Crippen LogP contribution in [0.15, 0.2) is 18.2 Å². The van der Waals surface area contributed by atoms with Gasteiger partial charge in [0.05, 0.1) is 35.7 Å². The molecule has 7 nitrogen and oxygen atoms in total. The summed E-state index contributed by atoms with van der Waals surface area (Å²) in [6, 6.07) is 5.84. The fourth-order valence-corrected chi connectivity index (χ4v) is 1.71. The smallest absolute Gasteiger partial charge is 0.273 e. The number of nitrogens with zero attached hydrogens (tertiary/aromatic N) is 3. The van der Waals surface area contributed by atoms with Crippen molar-refractivity contribution in [1.29, 1.82) is 5.26 Å². The highest BCUT2D eigenvalue weighted by Crippen LogP contribution is 2.25. The lowest BCUT2D eigenvalue weighted by Gasteiger charge is -2.19. The topological polar surface area (TPSA) is 96.5 Å². The van der Waals surface area contributed by atoms with Crippen molar-refractivity contribution in [1.82, 2.24) is 4.90 Å². The molecule has 0 fully saturated rings. The van der Waals surface area contributed by atoms with Gasteiger partial charge in [-0.1, -0.05) is 0 Å². The van der Waals surface area contributed by atoms with Gasteiger partial charge in [-0.2, -0.15) is 5.26 Å². The number of methoxy groups -OCH3 is 1. The Hall–Kier alpha value is -2.62. The molecule has 0 radical (unpaired) electrons. The first kappa shape index (κ1) is 15.4. The van der Waals surface area contributed by atoms with Crippen LogP contribution in [0.1, 0.15) is 17.3 Å². The molecule has 1 amide bonds. The summed E-state index contributed by atoms with van der Waals surface area (Å²) in [6.45, 7) is 1.98. The van der Waals surface area contributed by atoms with E-state index in [0.29, 0.717) is 0 Å². The number of hydrogen-bond acceptors (Lipinski definition) is 5. The number of rotatable bonds is 5. The Labute approximate surface area is 116 Å². The lowest BCUT2D eigenvalue weighted by Crippen LogP contribution is -2.30. The first-order valence-corrected chi connectivity index (χ1v) is 5.88. The molecule has 0 saturated carbocycles. The molecular formula is C13H15N3O4. The number of non-ortho nitro benzene ring substituents is 1. The second-order valence-corrected chi connectivity index (χ2v) is 4.36. The lowest BCUT2D eigenvalue weighted by atomic mass is 10.1. The molecule has 0 spiro atoms. The zero-order chi connectivity index (χ0) is 15.3. The highest BCUT2D eigenvalue weighted by molar-refractivity contribution is 5.97. The molecule has 0 aliphatic rings. The SMILES string of the molecule is COc1cc([N+](=O)[O-])ccc1C(=O)N(C)CC(C)C#N. The molecule has 0 bridgehead atoms. The van der Waals surface area contributed by atoms with Crippen molar-refractivity contribution >= 4 is 11.6 Å². The summed E-state index contributed by atoms with van der Waals surface area (Å²) >= 11 is 0. The van der Waals surface area contributed by atoms with E-state index in [4.69, 9.17) is 10.00 Å². The summed E-state index contributed by atoms with van der Waals surface area (Å²) < 4.78 is 5.02. The maximum atomic E-state index is 12.2. The van der Waals surface area contributed by atoms with Crippen LogP contribution in [0, 0.1) is 27.4 Å². The van der Waals surface area contributed by atoms with Gasteiger partial charge < -0.3 is 9.64 Å². The van der Waals surface area contributed by atoms with Gasteiger partial charge in [0.25, 0.3) is 11.6 Å². The van der Waals surface area contributed by atoms with Crippen LogP contribution < -0.4 is 4.74 Å². The highest BCUT2D eigenvalue weighted by atomic mass is 16.6. The molecule has 1 atom stereocenters. The Morgan fingerprint density at radius 3 is 2.75 bits per heavy atom. The van der Waals surface area contributed by atoms with Crippen molar-refractivity contribution in [2.45, 2.75) is 6.92 Å². The van der Waals surface area contributed by atoms with Crippen molar-refractivity contribution in [2.75, 3.05) is 20.7 Å². The van der Waals surface area contributed by atoms with Crippen molar-refractivity contribution < 1.29 is 14.5 Å². The third-order valence-corrected chi connectivity index (χ3v) is 2.74. The maximum Gasteiger partial charge on any atom is 0.273 e. The fraction of sp³-hybridized carbons (Fsp3) is 0.385. The van der Waals surface area contributed by atoms with Crippen molar-refractivity contribution in [3.05, 3.63) is 33.9 Å². The highest BCUT2D eigenvalue weighted by Gasteiger charge is 2.20. The second kappa shape index (κ2) is 6.52. The van der Waals surface area contributed by atoms with E-state index in [1.165, 1.54) is 30.2 Å². The molecule has 1 rings (SSSR count). The van der Waals surface area contributed by atoms with Crippen LogP contribution in [0.4, 0.5) is 5.69 Å². The first-order valence-electron chi connectivity index (χ1n) is 5.88. The third-order valence-electron chi connectivity index (χ3n) is 2.74. The fourth-order valence-electron chi connectivity index (χ4n) is 1.71. The van der Waals surface area contributed by atoms with Crippen LogP contribution in [0.2, 0.25) is 0 Å². The molecule has 0 aliphatic carbocycles. The van der Waals surface area contributed by atoms with Crippen LogP contribution in [-0.2, 0) is 0 Å². The minimum Gasteiger partial charge on any atom is -0.496 e. The van der Waals surface area contributed by atoms with Crippen LogP contribution >= 0.6 is 0 Å². The van der Waals surface area contributed by atoms with Crippen LogP contribution in [0.5, 0.6) is 5.75 Å². The van der Waals surface area contributed by atoms with Gasteiger partial charge >= 0.3 is 0 Å². The first-order chi connectivity index (χ1) is 9.40. The summed E-state index contributed by atoms with van der Waals surface area (Å²) in [5.41, 5.74) is 0.0807. The van der Waals surface area contributed by atoms with E-state index in [1.54, 1.807) is 14.0 Å². The van der Waals surface area contributed by atoms with E-state index >= 15 is 0 Å². The van der Waals surface area contributed by atoms with E-state index in [0.717, 1.165) is 0 Å². The average molecular weight is 277 g/mol. The lowest BCUT2D eigenvalue weighted by molar-refractivity contribution is -0.384. The molecule has 0 aliphatic heterocycles. The molecule has 1 aromatic rings. The molecule has 1 aromatic carbocycles. The molecule has 20 heavy (non-hydrogen) atoms. The summed E-state index contributed by atoms with van der Waals surface area (Å²) in [4.78, 5) is 23.7. The third kappa shape index (κ3) is 3.45. The van der Waals surface area contributed by atoms with Gasteiger partial charge in [0.1, 0.15) is 5.75 Å².